The molecule has 0 atom stereocenters. The van der Waals surface area contributed by atoms with Crippen molar-refractivity contribution < 1.29 is 35.9 Å². The number of alkyl halides is 3. The molecule has 3 aromatic heterocycles. The van der Waals surface area contributed by atoms with E-state index in [9.17, 15) is 31.2 Å². The van der Waals surface area contributed by atoms with Crippen LogP contribution < -0.4 is 0 Å². The Balaban J connectivity index is 2.05. The van der Waals surface area contributed by atoms with Gasteiger partial charge < -0.3 is 4.74 Å². The summed E-state index contributed by atoms with van der Waals surface area (Å²) in [5, 5.41) is -0.995. The molecular formula is C26H20Cl2F3N3O5S. The Hall–Kier alpha value is -3.48. The molecule has 3 heterocycles. The van der Waals surface area contributed by atoms with E-state index in [0.717, 1.165) is 18.3 Å². The molecule has 0 aliphatic heterocycles. The molecule has 4 aromatic rings. The van der Waals surface area contributed by atoms with Gasteiger partial charge in [0, 0.05) is 11.6 Å². The normalized spacial score (nSPS) is 12.5. The van der Waals surface area contributed by atoms with Crippen molar-refractivity contribution in [3.63, 3.8) is 0 Å². The number of esters is 1. The van der Waals surface area contributed by atoms with Crippen LogP contribution in [0, 0.1) is 6.92 Å². The number of aromatic nitrogens is 3. The number of pyridine rings is 2. The largest absolute Gasteiger partial charge is 0.456 e. The third-order valence-electron chi connectivity index (χ3n) is 5.56. The van der Waals surface area contributed by atoms with Crippen LogP contribution in [-0.2, 0) is 20.9 Å². The van der Waals surface area contributed by atoms with Gasteiger partial charge in [-0.3, -0.25) is 4.79 Å². The fraction of sp³-hybridized carbons (Fsp3) is 0.231. The van der Waals surface area contributed by atoms with Gasteiger partial charge >= 0.3 is 12.1 Å². The SMILES string of the molecule is Cc1cc(C(F)(F)F)nc2c1cc(C(=O)c1c(Cl)ncc(C(=O)OC(C)(C)C)c1Cl)n2S(=O)(=O)c1ccccc1. The maximum absolute atomic E-state index is 13.9. The van der Waals surface area contributed by atoms with Crippen LogP contribution in [-0.4, -0.2) is 39.7 Å². The van der Waals surface area contributed by atoms with E-state index in [2.05, 4.69) is 9.97 Å². The number of aryl methyl sites for hydroxylation is 1. The molecule has 0 bridgehead atoms. The predicted octanol–water partition coefficient (Wildman–Crippen LogP) is 6.49. The fourth-order valence-electron chi connectivity index (χ4n) is 3.82. The maximum atomic E-state index is 13.9. The van der Waals surface area contributed by atoms with E-state index in [1.165, 1.54) is 37.3 Å². The second kappa shape index (κ2) is 10.2. The van der Waals surface area contributed by atoms with Gasteiger partial charge in [0.2, 0.25) is 5.78 Å². The second-order valence-corrected chi connectivity index (χ2v) is 12.2. The van der Waals surface area contributed by atoms with E-state index in [1.807, 2.05) is 0 Å². The van der Waals surface area contributed by atoms with Crippen LogP contribution >= 0.6 is 23.2 Å². The van der Waals surface area contributed by atoms with Gasteiger partial charge in [0.15, 0.2) is 5.65 Å². The monoisotopic (exact) mass is 613 g/mol. The molecule has 14 heteroatoms. The molecule has 0 saturated carbocycles. The first-order chi connectivity index (χ1) is 18.4. The molecule has 0 radical (unpaired) electrons. The number of hydrogen-bond acceptors (Lipinski definition) is 7. The van der Waals surface area contributed by atoms with Crippen LogP contribution in [0.3, 0.4) is 0 Å². The number of hydrogen-bond donors (Lipinski definition) is 0. The number of ether oxygens (including phenoxy) is 1. The van der Waals surface area contributed by atoms with Crippen molar-refractivity contribution in [2.45, 2.75) is 44.4 Å². The Kier molecular flexibility index (Phi) is 7.50. The van der Waals surface area contributed by atoms with Gasteiger partial charge in [-0.25, -0.2) is 27.2 Å². The average Bonchev–Trinajstić information content (AvgIpc) is 3.24. The molecule has 0 saturated heterocycles. The Bertz CT molecular complexity index is 1780. The van der Waals surface area contributed by atoms with Crippen molar-refractivity contribution in [1.29, 1.82) is 0 Å². The third kappa shape index (κ3) is 5.43. The zero-order valence-corrected chi connectivity index (χ0v) is 23.6. The summed E-state index contributed by atoms with van der Waals surface area (Å²) in [6, 6.07) is 8.58. The van der Waals surface area contributed by atoms with Crippen LogP contribution in [0.15, 0.2) is 53.6 Å². The highest BCUT2D eigenvalue weighted by atomic mass is 35.5. The summed E-state index contributed by atoms with van der Waals surface area (Å²) in [7, 11) is -4.69. The maximum Gasteiger partial charge on any atom is 0.433 e. The lowest BCUT2D eigenvalue weighted by Gasteiger charge is -2.20. The number of carbonyl (C=O) groups is 2. The lowest BCUT2D eigenvalue weighted by Crippen LogP contribution is -2.25. The highest BCUT2D eigenvalue weighted by Crippen LogP contribution is 2.36. The van der Waals surface area contributed by atoms with Gasteiger partial charge in [0.05, 0.1) is 21.0 Å². The first-order valence-electron chi connectivity index (χ1n) is 11.5. The summed E-state index contributed by atoms with van der Waals surface area (Å²) >= 11 is 12.6. The zero-order chi connectivity index (χ0) is 29.8. The summed E-state index contributed by atoms with van der Waals surface area (Å²) in [5.41, 5.74) is -4.42. The summed E-state index contributed by atoms with van der Waals surface area (Å²) < 4.78 is 74.2. The molecule has 8 nitrogen and oxygen atoms in total. The number of nitrogens with zero attached hydrogens (tertiary/aromatic N) is 3. The van der Waals surface area contributed by atoms with Crippen LogP contribution in [0.25, 0.3) is 11.0 Å². The average molecular weight is 614 g/mol. The van der Waals surface area contributed by atoms with Gasteiger partial charge in [-0.1, -0.05) is 41.4 Å². The molecule has 0 amide bonds. The van der Waals surface area contributed by atoms with Crippen molar-refractivity contribution in [1.82, 2.24) is 13.9 Å². The highest BCUT2D eigenvalue weighted by molar-refractivity contribution is 7.90. The van der Waals surface area contributed by atoms with E-state index >= 15 is 0 Å². The van der Waals surface area contributed by atoms with Gasteiger partial charge in [-0.05, 0) is 57.5 Å². The zero-order valence-electron chi connectivity index (χ0n) is 21.3. The number of halogens is 5. The van der Waals surface area contributed by atoms with Gasteiger partial charge in [-0.15, -0.1) is 0 Å². The van der Waals surface area contributed by atoms with E-state index in [-0.39, 0.29) is 21.4 Å². The third-order valence-corrected chi connectivity index (χ3v) is 7.95. The second-order valence-electron chi connectivity index (χ2n) is 9.65. The van der Waals surface area contributed by atoms with E-state index in [1.54, 1.807) is 20.8 Å². The number of ketones is 1. The minimum Gasteiger partial charge on any atom is -0.456 e. The smallest absolute Gasteiger partial charge is 0.433 e. The molecule has 0 aliphatic carbocycles. The molecule has 0 N–H and O–H groups in total. The van der Waals surface area contributed by atoms with Crippen molar-refractivity contribution in [2.75, 3.05) is 0 Å². The molecule has 0 unspecified atom stereocenters. The molecule has 4 rings (SSSR count). The first kappa shape index (κ1) is 29.5. The predicted molar refractivity (Wildman–Crippen MR) is 141 cm³/mol. The van der Waals surface area contributed by atoms with E-state index in [4.69, 9.17) is 27.9 Å². The van der Waals surface area contributed by atoms with Crippen LogP contribution in [0.5, 0.6) is 0 Å². The van der Waals surface area contributed by atoms with Crippen molar-refractivity contribution in [3.8, 4) is 0 Å². The van der Waals surface area contributed by atoms with E-state index < -0.39 is 66.3 Å². The van der Waals surface area contributed by atoms with Gasteiger partial charge in [0.1, 0.15) is 22.1 Å². The number of carbonyl (C=O) groups excluding carboxylic acids is 2. The number of benzene rings is 1. The Labute approximate surface area is 236 Å². The van der Waals surface area contributed by atoms with Gasteiger partial charge in [-0.2, -0.15) is 13.2 Å². The van der Waals surface area contributed by atoms with Crippen molar-refractivity contribution in [2.24, 2.45) is 0 Å². The van der Waals surface area contributed by atoms with Crippen LogP contribution in [0.4, 0.5) is 13.2 Å². The molecule has 1 aromatic carbocycles. The summed E-state index contributed by atoms with van der Waals surface area (Å²) in [6.45, 7) is 6.13. The van der Waals surface area contributed by atoms with Gasteiger partial charge in [0.25, 0.3) is 10.0 Å². The molecule has 0 aliphatic rings. The Morgan fingerprint density at radius 1 is 1.02 bits per heavy atom. The lowest BCUT2D eigenvalue weighted by atomic mass is 10.1. The quantitative estimate of drug-likeness (QED) is 0.144. The number of fused-ring (bicyclic) bond motifs is 1. The molecule has 40 heavy (non-hydrogen) atoms. The summed E-state index contributed by atoms with van der Waals surface area (Å²) in [4.78, 5) is 33.7. The topological polar surface area (TPSA) is 108 Å². The molecule has 0 fully saturated rings. The summed E-state index contributed by atoms with van der Waals surface area (Å²) in [6.07, 6.45) is -3.92. The van der Waals surface area contributed by atoms with Crippen LogP contribution in [0.2, 0.25) is 10.2 Å². The fourth-order valence-corrected chi connectivity index (χ4v) is 5.87. The van der Waals surface area contributed by atoms with Crippen molar-refractivity contribution >= 4 is 56.0 Å². The minimum absolute atomic E-state index is 0.00575. The van der Waals surface area contributed by atoms with Crippen LogP contribution in [0.1, 0.15) is 58.4 Å². The molecule has 210 valence electrons. The van der Waals surface area contributed by atoms with Crippen molar-refractivity contribution in [3.05, 3.63) is 86.9 Å². The Morgan fingerprint density at radius 2 is 1.65 bits per heavy atom. The minimum atomic E-state index is -4.91. The highest BCUT2D eigenvalue weighted by Gasteiger charge is 2.37. The standard InChI is InChI=1S/C26H20Cl2F3N3O5S/c1-13-10-18(26(29,30)31)33-23-15(13)11-17(34(23)40(37,38)14-8-6-5-7-9-14)21(35)19-20(27)16(12-32-22(19)28)24(36)39-25(2,3)4/h5-12H,1-4H3. The first-order valence-corrected chi connectivity index (χ1v) is 13.7. The number of rotatable bonds is 5. The summed E-state index contributed by atoms with van der Waals surface area (Å²) in [5.74, 6) is -2.06. The Morgan fingerprint density at radius 3 is 2.23 bits per heavy atom. The molecular weight excluding hydrogens is 594 g/mol. The van der Waals surface area contributed by atoms with E-state index in [0.29, 0.717) is 3.97 Å². The lowest BCUT2D eigenvalue weighted by molar-refractivity contribution is -0.141. The molecule has 0 spiro atoms.